The lowest BCUT2D eigenvalue weighted by Crippen LogP contribution is -2.39. The number of hydrogen-bond donors (Lipinski definition) is 2. The third kappa shape index (κ3) is 12.6. The second-order valence-corrected chi connectivity index (χ2v) is 15.3. The van der Waals surface area contributed by atoms with Gasteiger partial charge >= 0.3 is 5.97 Å². The summed E-state index contributed by atoms with van der Waals surface area (Å²) in [5.41, 5.74) is 4.57. The minimum absolute atomic E-state index is 0.0967. The number of hydrogen-bond acceptors (Lipinski definition) is 7. The number of anilines is 1. The number of carboxylic acids is 1. The monoisotopic (exact) mass is 856 g/mol. The van der Waals surface area contributed by atoms with E-state index >= 15 is 0 Å². The molecule has 1 fully saturated rings. The first-order chi connectivity index (χ1) is 26.9. The SMILES string of the molecule is Cc1ccc(C(=O)NCC2CCN(c3ccnc(Cl)n3)CC2)cc1OCCc1ccc(Cl)cc1Cl.Cc1ccc(C(=O)O)cc1OCCc1ccc(Cl)cc1Cl. The second-order valence-electron chi connectivity index (χ2n) is 13.3. The van der Waals surface area contributed by atoms with E-state index in [4.69, 9.17) is 72.6 Å². The van der Waals surface area contributed by atoms with Gasteiger partial charge in [-0.3, -0.25) is 4.79 Å². The number of aryl methyl sites for hydroxylation is 2. The van der Waals surface area contributed by atoms with E-state index in [0.29, 0.717) is 75.7 Å². The Kier molecular flexibility index (Phi) is 15.9. The van der Waals surface area contributed by atoms with Crippen LogP contribution >= 0.6 is 58.0 Å². The Morgan fingerprint density at radius 2 is 1.29 bits per heavy atom. The third-order valence-corrected chi connectivity index (χ3v) is 10.6. The molecule has 0 bridgehead atoms. The molecule has 0 atom stereocenters. The number of aromatic nitrogens is 2. The van der Waals surface area contributed by atoms with Gasteiger partial charge in [-0.2, -0.15) is 0 Å². The standard InChI is InChI=1S/C26H27Cl3N4O2.C16H14Cl2O3/c1-17-2-3-20(14-23(17)35-13-9-19-4-5-21(27)15-22(19)28)25(34)31-16-18-7-11-33(12-8-18)24-6-10-30-26(29)32-24;1-10-2-3-12(16(19)20)8-15(10)21-7-6-11-4-5-13(17)9-14(11)18/h2-6,10,14-15,18H,7-9,11-13,16H2,1H3,(H,31,34);2-5,8-9H,6-7H2,1H3,(H,19,20). The van der Waals surface area contributed by atoms with Gasteiger partial charge in [0.05, 0.1) is 18.8 Å². The Bertz CT molecular complexity index is 2150. The molecule has 0 spiro atoms. The van der Waals surface area contributed by atoms with E-state index in [-0.39, 0.29) is 16.8 Å². The number of carbonyl (C=O) groups is 2. The number of benzene rings is 4. The van der Waals surface area contributed by atoms with Crippen LogP contribution in [0.3, 0.4) is 0 Å². The molecule has 0 radical (unpaired) electrons. The number of piperidine rings is 1. The van der Waals surface area contributed by atoms with Gasteiger partial charge < -0.3 is 24.8 Å². The fraction of sp³-hybridized carbons (Fsp3) is 0.286. The number of rotatable bonds is 13. The second kappa shape index (κ2) is 20.8. The Labute approximate surface area is 351 Å². The van der Waals surface area contributed by atoms with E-state index in [0.717, 1.165) is 54.0 Å². The lowest BCUT2D eigenvalue weighted by molar-refractivity contribution is 0.0696. The molecule has 294 valence electrons. The minimum Gasteiger partial charge on any atom is -0.493 e. The van der Waals surface area contributed by atoms with Crippen molar-refractivity contribution in [2.45, 2.75) is 39.5 Å². The molecule has 9 nitrogen and oxygen atoms in total. The lowest BCUT2D eigenvalue weighted by Gasteiger charge is -2.32. The molecule has 0 saturated carbocycles. The Hall–Kier alpha value is -4.25. The molecule has 14 heteroatoms. The maximum absolute atomic E-state index is 12.8. The van der Waals surface area contributed by atoms with Crippen LogP contribution in [0.5, 0.6) is 11.5 Å². The van der Waals surface area contributed by atoms with Crippen LogP contribution in [-0.4, -0.2) is 59.8 Å². The molecular formula is C42H41Cl5N4O5. The average Bonchev–Trinajstić information content (AvgIpc) is 3.17. The molecule has 4 aromatic carbocycles. The van der Waals surface area contributed by atoms with Gasteiger partial charge in [0.2, 0.25) is 5.28 Å². The van der Waals surface area contributed by atoms with E-state index in [1.165, 1.54) is 6.07 Å². The summed E-state index contributed by atoms with van der Waals surface area (Å²) in [6.07, 6.45) is 4.87. The molecule has 56 heavy (non-hydrogen) atoms. The predicted molar refractivity (Wildman–Crippen MR) is 225 cm³/mol. The van der Waals surface area contributed by atoms with Crippen LogP contribution in [0.2, 0.25) is 25.4 Å². The summed E-state index contributed by atoms with van der Waals surface area (Å²) in [6.45, 7) is 7.06. The number of carboxylic acid groups (broad SMARTS) is 1. The molecule has 1 amide bonds. The van der Waals surface area contributed by atoms with Gasteiger partial charge in [0.1, 0.15) is 17.3 Å². The quantitative estimate of drug-likeness (QED) is 0.113. The van der Waals surface area contributed by atoms with Crippen molar-refractivity contribution in [1.29, 1.82) is 0 Å². The first kappa shape index (κ1) is 42.9. The minimum atomic E-state index is -0.972. The topological polar surface area (TPSA) is 114 Å². The fourth-order valence-electron chi connectivity index (χ4n) is 5.98. The van der Waals surface area contributed by atoms with Crippen molar-refractivity contribution in [2.75, 3.05) is 37.7 Å². The van der Waals surface area contributed by atoms with Crippen LogP contribution in [0.4, 0.5) is 5.82 Å². The molecule has 5 aromatic rings. The molecule has 1 aliphatic rings. The van der Waals surface area contributed by atoms with Crippen molar-refractivity contribution in [1.82, 2.24) is 15.3 Å². The number of halogens is 5. The molecule has 0 aliphatic carbocycles. The van der Waals surface area contributed by atoms with Gasteiger partial charge in [0.25, 0.3) is 5.91 Å². The summed E-state index contributed by atoms with van der Waals surface area (Å²) in [7, 11) is 0. The number of nitrogens with one attached hydrogen (secondary N) is 1. The lowest BCUT2D eigenvalue weighted by atomic mass is 9.96. The zero-order valence-electron chi connectivity index (χ0n) is 30.8. The average molecular weight is 859 g/mol. The Morgan fingerprint density at radius 3 is 1.80 bits per heavy atom. The summed E-state index contributed by atoms with van der Waals surface area (Å²) >= 11 is 30.1. The van der Waals surface area contributed by atoms with Crippen molar-refractivity contribution in [3.05, 3.63) is 144 Å². The molecule has 1 saturated heterocycles. The largest absolute Gasteiger partial charge is 0.493 e. The van der Waals surface area contributed by atoms with E-state index in [9.17, 15) is 9.59 Å². The van der Waals surface area contributed by atoms with Gasteiger partial charge in [-0.05, 0) is 121 Å². The van der Waals surface area contributed by atoms with E-state index in [1.807, 2.05) is 50.2 Å². The first-order valence-corrected chi connectivity index (χ1v) is 19.8. The van der Waals surface area contributed by atoms with Crippen LogP contribution < -0.4 is 19.7 Å². The van der Waals surface area contributed by atoms with Gasteiger partial charge in [-0.25, -0.2) is 14.8 Å². The van der Waals surface area contributed by atoms with Gasteiger partial charge in [0.15, 0.2) is 0 Å². The number of amides is 1. The van der Waals surface area contributed by atoms with Crippen LogP contribution in [0.15, 0.2) is 85.1 Å². The highest BCUT2D eigenvalue weighted by molar-refractivity contribution is 6.35. The van der Waals surface area contributed by atoms with Crippen LogP contribution in [0.25, 0.3) is 0 Å². The molecule has 0 unspecified atom stereocenters. The highest BCUT2D eigenvalue weighted by atomic mass is 35.5. The van der Waals surface area contributed by atoms with E-state index < -0.39 is 5.97 Å². The summed E-state index contributed by atoms with van der Waals surface area (Å²) in [4.78, 5) is 34.2. The van der Waals surface area contributed by atoms with Crippen molar-refractivity contribution in [2.24, 2.45) is 5.92 Å². The van der Waals surface area contributed by atoms with Crippen LogP contribution in [0, 0.1) is 19.8 Å². The van der Waals surface area contributed by atoms with E-state index in [2.05, 4.69) is 20.2 Å². The molecular weight excluding hydrogens is 818 g/mol. The van der Waals surface area contributed by atoms with Gasteiger partial charge in [0, 0.05) is 64.3 Å². The normalized spacial score (nSPS) is 12.7. The van der Waals surface area contributed by atoms with Crippen molar-refractivity contribution in [3.63, 3.8) is 0 Å². The highest BCUT2D eigenvalue weighted by Gasteiger charge is 2.21. The molecule has 1 aromatic heterocycles. The summed E-state index contributed by atoms with van der Waals surface area (Å²) < 4.78 is 11.6. The predicted octanol–water partition coefficient (Wildman–Crippen LogP) is 10.6. The molecule has 6 rings (SSSR count). The van der Waals surface area contributed by atoms with Gasteiger partial charge in [-0.15, -0.1) is 0 Å². The summed E-state index contributed by atoms with van der Waals surface area (Å²) in [5.74, 6) is 1.46. The molecule has 2 N–H and O–H groups in total. The van der Waals surface area contributed by atoms with Gasteiger partial charge in [-0.1, -0.05) is 70.7 Å². The van der Waals surface area contributed by atoms with Crippen molar-refractivity contribution >= 4 is 75.7 Å². The first-order valence-electron chi connectivity index (χ1n) is 18.0. The molecule has 1 aliphatic heterocycles. The maximum Gasteiger partial charge on any atom is 0.335 e. The zero-order valence-corrected chi connectivity index (χ0v) is 34.6. The number of carbonyl (C=O) groups excluding carboxylic acids is 1. The van der Waals surface area contributed by atoms with Crippen LogP contribution in [-0.2, 0) is 12.8 Å². The van der Waals surface area contributed by atoms with Crippen molar-refractivity contribution < 1.29 is 24.2 Å². The highest BCUT2D eigenvalue weighted by Crippen LogP contribution is 2.26. The summed E-state index contributed by atoms with van der Waals surface area (Å²) in [6, 6.07) is 23.0. The maximum atomic E-state index is 12.8. The Balaban J connectivity index is 0.000000244. The van der Waals surface area contributed by atoms with Crippen LogP contribution in [0.1, 0.15) is 55.8 Å². The number of aromatic carboxylic acids is 1. The Morgan fingerprint density at radius 1 is 0.750 bits per heavy atom. The van der Waals surface area contributed by atoms with Crippen molar-refractivity contribution in [3.8, 4) is 11.5 Å². The fourth-order valence-corrected chi connectivity index (χ4v) is 7.13. The summed E-state index contributed by atoms with van der Waals surface area (Å²) in [5, 5.41) is 14.7. The smallest absolute Gasteiger partial charge is 0.335 e. The van der Waals surface area contributed by atoms with E-state index in [1.54, 1.807) is 42.6 Å². The number of nitrogens with zero attached hydrogens (tertiary/aromatic N) is 3. The number of ether oxygens (including phenoxy) is 2. The third-order valence-electron chi connectivity index (χ3n) is 9.27. The molecule has 2 heterocycles. The zero-order chi connectivity index (χ0) is 40.2.